The number of rotatable bonds is 2. The lowest BCUT2D eigenvalue weighted by molar-refractivity contribution is 0.0698. The van der Waals surface area contributed by atoms with Crippen molar-refractivity contribution >= 4 is 11.6 Å². The summed E-state index contributed by atoms with van der Waals surface area (Å²) < 4.78 is 4.05. The Morgan fingerprint density at radius 2 is 2.04 bits per heavy atom. The van der Waals surface area contributed by atoms with Gasteiger partial charge in [0, 0.05) is 44.1 Å². The van der Waals surface area contributed by atoms with Crippen LogP contribution in [0.1, 0.15) is 46.5 Å². The predicted octanol–water partition coefficient (Wildman–Crippen LogP) is 2.70. The molecule has 0 bridgehead atoms. The van der Waals surface area contributed by atoms with Crippen molar-refractivity contribution in [2.24, 2.45) is 7.05 Å². The van der Waals surface area contributed by atoms with Gasteiger partial charge in [-0.15, -0.1) is 0 Å². The standard InChI is InChI=1S/C19H23N5O/c1-13-10-22(3)18(20-13)15-7-5-9-23(11-15)19(25)16-12-24-14(2)6-4-8-17(24)21-16/h4,6,8,10,12,15H,5,7,9,11H2,1-3H3. The van der Waals surface area contributed by atoms with E-state index in [4.69, 9.17) is 0 Å². The van der Waals surface area contributed by atoms with Gasteiger partial charge in [0.2, 0.25) is 0 Å². The van der Waals surface area contributed by atoms with Crippen LogP contribution in [0, 0.1) is 13.8 Å². The van der Waals surface area contributed by atoms with Crippen molar-refractivity contribution in [2.45, 2.75) is 32.6 Å². The van der Waals surface area contributed by atoms with Gasteiger partial charge in [0.1, 0.15) is 17.2 Å². The zero-order chi connectivity index (χ0) is 17.6. The summed E-state index contributed by atoms with van der Waals surface area (Å²) in [6, 6.07) is 5.91. The smallest absolute Gasteiger partial charge is 0.274 e. The molecular weight excluding hydrogens is 314 g/mol. The van der Waals surface area contributed by atoms with Crippen molar-refractivity contribution in [3.05, 3.63) is 53.5 Å². The average molecular weight is 337 g/mol. The number of carbonyl (C=O) groups is 1. The molecule has 1 atom stereocenters. The number of imidazole rings is 2. The molecule has 1 aliphatic heterocycles. The summed E-state index contributed by atoms with van der Waals surface area (Å²) in [5.74, 6) is 1.37. The topological polar surface area (TPSA) is 55.4 Å². The van der Waals surface area contributed by atoms with E-state index in [-0.39, 0.29) is 11.8 Å². The van der Waals surface area contributed by atoms with E-state index in [9.17, 15) is 4.79 Å². The Morgan fingerprint density at radius 1 is 1.20 bits per heavy atom. The van der Waals surface area contributed by atoms with E-state index in [0.29, 0.717) is 12.2 Å². The lowest BCUT2D eigenvalue weighted by atomic mass is 9.97. The van der Waals surface area contributed by atoms with E-state index in [2.05, 4.69) is 14.5 Å². The minimum atomic E-state index is 0.0127. The van der Waals surface area contributed by atoms with Crippen LogP contribution in [-0.4, -0.2) is 42.8 Å². The Balaban J connectivity index is 1.58. The van der Waals surface area contributed by atoms with Crippen molar-refractivity contribution in [2.75, 3.05) is 13.1 Å². The number of piperidine rings is 1. The molecule has 6 nitrogen and oxygen atoms in total. The maximum absolute atomic E-state index is 13.0. The van der Waals surface area contributed by atoms with Gasteiger partial charge in [-0.2, -0.15) is 0 Å². The van der Waals surface area contributed by atoms with Gasteiger partial charge in [-0.05, 0) is 38.8 Å². The Kier molecular flexibility index (Phi) is 3.82. The quantitative estimate of drug-likeness (QED) is 0.722. The minimum Gasteiger partial charge on any atom is -0.337 e. The zero-order valence-electron chi connectivity index (χ0n) is 14.9. The highest BCUT2D eigenvalue weighted by Gasteiger charge is 2.29. The third-order valence-electron chi connectivity index (χ3n) is 5.02. The molecule has 1 fully saturated rings. The number of likely N-dealkylation sites (tertiary alicyclic amines) is 1. The molecule has 0 aromatic carbocycles. The molecule has 1 amide bonds. The number of pyridine rings is 1. The van der Waals surface area contributed by atoms with Gasteiger partial charge in [-0.1, -0.05) is 6.07 Å². The molecule has 1 aliphatic rings. The molecule has 4 rings (SSSR count). The Bertz CT molecular complexity index is 939. The van der Waals surface area contributed by atoms with E-state index in [1.165, 1.54) is 0 Å². The third kappa shape index (κ3) is 2.81. The van der Waals surface area contributed by atoms with E-state index in [0.717, 1.165) is 42.2 Å². The fourth-order valence-corrected chi connectivity index (χ4v) is 3.80. The van der Waals surface area contributed by atoms with Gasteiger partial charge in [0.25, 0.3) is 5.91 Å². The van der Waals surface area contributed by atoms with Crippen LogP contribution < -0.4 is 0 Å². The number of fused-ring (bicyclic) bond motifs is 1. The minimum absolute atomic E-state index is 0.0127. The van der Waals surface area contributed by atoms with Crippen LogP contribution >= 0.6 is 0 Å². The van der Waals surface area contributed by atoms with Gasteiger partial charge >= 0.3 is 0 Å². The maximum Gasteiger partial charge on any atom is 0.274 e. The van der Waals surface area contributed by atoms with Gasteiger partial charge in [0.15, 0.2) is 0 Å². The fraction of sp³-hybridized carbons (Fsp3) is 0.421. The number of hydrogen-bond donors (Lipinski definition) is 0. The molecule has 1 unspecified atom stereocenters. The Labute approximate surface area is 147 Å². The van der Waals surface area contributed by atoms with E-state index < -0.39 is 0 Å². The van der Waals surface area contributed by atoms with Crippen LogP contribution in [0.15, 0.2) is 30.6 Å². The van der Waals surface area contributed by atoms with Crippen molar-refractivity contribution < 1.29 is 4.79 Å². The van der Waals surface area contributed by atoms with E-state index >= 15 is 0 Å². The van der Waals surface area contributed by atoms with Crippen LogP contribution in [-0.2, 0) is 7.05 Å². The monoisotopic (exact) mass is 337 g/mol. The lowest BCUT2D eigenvalue weighted by Gasteiger charge is -2.32. The average Bonchev–Trinajstić information content (AvgIpc) is 3.18. The first-order valence-corrected chi connectivity index (χ1v) is 8.77. The predicted molar refractivity (Wildman–Crippen MR) is 95.8 cm³/mol. The van der Waals surface area contributed by atoms with Crippen LogP contribution in [0.4, 0.5) is 0 Å². The molecule has 130 valence electrons. The van der Waals surface area contributed by atoms with Gasteiger partial charge < -0.3 is 13.9 Å². The summed E-state index contributed by atoms with van der Waals surface area (Å²) in [5.41, 5.74) is 3.43. The summed E-state index contributed by atoms with van der Waals surface area (Å²) in [6.07, 6.45) is 5.95. The van der Waals surface area contributed by atoms with Crippen LogP contribution in [0.3, 0.4) is 0 Å². The van der Waals surface area contributed by atoms with Crippen molar-refractivity contribution in [3.8, 4) is 0 Å². The molecule has 3 aromatic heterocycles. The molecule has 3 aromatic rings. The van der Waals surface area contributed by atoms with Crippen molar-refractivity contribution in [3.63, 3.8) is 0 Å². The molecule has 0 radical (unpaired) electrons. The summed E-state index contributed by atoms with van der Waals surface area (Å²) >= 11 is 0. The second kappa shape index (κ2) is 6.02. The number of aryl methyl sites for hydroxylation is 3. The first kappa shape index (κ1) is 15.9. The fourth-order valence-electron chi connectivity index (χ4n) is 3.80. The number of hydrogen-bond acceptors (Lipinski definition) is 3. The SMILES string of the molecule is Cc1cn(C)c(C2CCCN(C(=O)c3cn4c(C)cccc4n3)C2)n1. The second-order valence-electron chi connectivity index (χ2n) is 6.96. The van der Waals surface area contributed by atoms with E-state index in [1.807, 2.05) is 60.8 Å². The van der Waals surface area contributed by atoms with Gasteiger partial charge in [-0.25, -0.2) is 9.97 Å². The summed E-state index contributed by atoms with van der Waals surface area (Å²) in [5, 5.41) is 0. The Hall–Kier alpha value is -2.63. The van der Waals surface area contributed by atoms with Crippen LogP contribution in [0.2, 0.25) is 0 Å². The number of carbonyl (C=O) groups excluding carboxylic acids is 1. The first-order chi connectivity index (χ1) is 12.0. The zero-order valence-corrected chi connectivity index (χ0v) is 14.9. The van der Waals surface area contributed by atoms with Crippen LogP contribution in [0.5, 0.6) is 0 Å². The number of aromatic nitrogens is 4. The maximum atomic E-state index is 13.0. The van der Waals surface area contributed by atoms with Gasteiger partial charge in [0.05, 0.1) is 5.69 Å². The highest BCUT2D eigenvalue weighted by Crippen LogP contribution is 2.27. The lowest BCUT2D eigenvalue weighted by Crippen LogP contribution is -2.39. The summed E-state index contributed by atoms with van der Waals surface area (Å²) in [4.78, 5) is 24.1. The van der Waals surface area contributed by atoms with Crippen LogP contribution in [0.25, 0.3) is 5.65 Å². The van der Waals surface area contributed by atoms with Crippen molar-refractivity contribution in [1.82, 2.24) is 23.8 Å². The third-order valence-corrected chi connectivity index (χ3v) is 5.02. The molecule has 4 heterocycles. The summed E-state index contributed by atoms with van der Waals surface area (Å²) in [7, 11) is 2.03. The first-order valence-electron chi connectivity index (χ1n) is 8.77. The molecular formula is C19H23N5O. The molecule has 1 saturated heterocycles. The largest absolute Gasteiger partial charge is 0.337 e. The summed E-state index contributed by atoms with van der Waals surface area (Å²) in [6.45, 7) is 5.51. The molecule has 0 N–H and O–H groups in total. The molecule has 6 heteroatoms. The van der Waals surface area contributed by atoms with Gasteiger partial charge in [-0.3, -0.25) is 4.79 Å². The number of amides is 1. The molecule has 0 aliphatic carbocycles. The Morgan fingerprint density at radius 3 is 2.76 bits per heavy atom. The highest BCUT2D eigenvalue weighted by atomic mass is 16.2. The molecule has 0 saturated carbocycles. The molecule has 0 spiro atoms. The van der Waals surface area contributed by atoms with E-state index in [1.54, 1.807) is 0 Å². The normalized spacial score (nSPS) is 18.0. The highest BCUT2D eigenvalue weighted by molar-refractivity contribution is 5.93. The van der Waals surface area contributed by atoms with Crippen molar-refractivity contribution in [1.29, 1.82) is 0 Å². The second-order valence-corrected chi connectivity index (χ2v) is 6.96. The molecule has 25 heavy (non-hydrogen) atoms. The number of nitrogens with zero attached hydrogens (tertiary/aromatic N) is 5.